The predicted molar refractivity (Wildman–Crippen MR) is 114 cm³/mol. The average molecular weight is 409 g/mol. The molecule has 0 spiro atoms. The highest BCUT2D eigenvalue weighted by atomic mass is 16.5. The lowest BCUT2D eigenvalue weighted by Crippen LogP contribution is -2.40. The summed E-state index contributed by atoms with van der Waals surface area (Å²) >= 11 is 0. The lowest BCUT2D eigenvalue weighted by atomic mass is 9.85. The Labute approximate surface area is 177 Å². The summed E-state index contributed by atoms with van der Waals surface area (Å²) in [7, 11) is 2.05. The van der Waals surface area contributed by atoms with Crippen molar-refractivity contribution in [1.82, 2.24) is 9.13 Å². The molecule has 2 heterocycles. The zero-order valence-corrected chi connectivity index (χ0v) is 18.4. The third kappa shape index (κ3) is 3.44. The van der Waals surface area contributed by atoms with Crippen LogP contribution in [0.5, 0.6) is 0 Å². The van der Waals surface area contributed by atoms with Gasteiger partial charge >= 0.3 is 5.97 Å². The number of carbonyl (C=O) groups excluding carboxylic acids is 2. The van der Waals surface area contributed by atoms with E-state index in [1.807, 2.05) is 69.9 Å². The van der Waals surface area contributed by atoms with Crippen LogP contribution in [-0.4, -0.2) is 20.9 Å². The molecule has 0 bridgehead atoms. The minimum absolute atomic E-state index is 0.0556. The van der Waals surface area contributed by atoms with Gasteiger partial charge in [0, 0.05) is 36.1 Å². The fourth-order valence-electron chi connectivity index (χ4n) is 4.29. The Hall–Kier alpha value is -2.89. The van der Waals surface area contributed by atoms with Gasteiger partial charge in [-0.2, -0.15) is 4.57 Å². The van der Waals surface area contributed by atoms with Gasteiger partial charge in [0.15, 0.2) is 5.78 Å². The number of hydrogen-bond acceptors (Lipinski definition) is 3. The van der Waals surface area contributed by atoms with E-state index in [0.717, 1.165) is 40.8 Å². The Morgan fingerprint density at radius 3 is 2.73 bits per heavy atom. The van der Waals surface area contributed by atoms with E-state index in [4.69, 9.17) is 4.74 Å². The summed E-state index contributed by atoms with van der Waals surface area (Å²) in [4.78, 5) is 25.4. The minimum Gasteiger partial charge on any atom is -0.424 e. The van der Waals surface area contributed by atoms with E-state index in [1.165, 1.54) is 0 Å². The molecule has 3 aromatic rings. The number of para-hydroxylation sites is 1. The first-order chi connectivity index (χ1) is 14.2. The highest BCUT2D eigenvalue weighted by Crippen LogP contribution is 2.34. The SMILES string of the molecule is Cc1n(CC2CCc3c(c4ccccc4n3C)C2=O)cc[n+]1COC(=O)C(C)(C)C. The number of fused-ring (bicyclic) bond motifs is 3. The van der Waals surface area contributed by atoms with Gasteiger partial charge in [-0.15, -0.1) is 0 Å². The van der Waals surface area contributed by atoms with Crippen molar-refractivity contribution in [2.75, 3.05) is 0 Å². The van der Waals surface area contributed by atoms with Crippen molar-refractivity contribution in [3.8, 4) is 0 Å². The molecule has 0 N–H and O–H groups in total. The third-order valence-electron chi connectivity index (χ3n) is 6.20. The Bertz CT molecular complexity index is 1130. The van der Waals surface area contributed by atoms with Crippen LogP contribution < -0.4 is 4.57 Å². The number of hydrogen-bond donors (Lipinski definition) is 0. The molecule has 1 aliphatic rings. The van der Waals surface area contributed by atoms with E-state index in [9.17, 15) is 9.59 Å². The van der Waals surface area contributed by atoms with Gasteiger partial charge < -0.3 is 9.30 Å². The lowest BCUT2D eigenvalue weighted by Gasteiger charge is -2.21. The molecular formula is C24H30N3O3+. The molecule has 1 atom stereocenters. The number of ether oxygens (including phenoxy) is 1. The maximum Gasteiger partial charge on any atom is 0.314 e. The van der Waals surface area contributed by atoms with Crippen molar-refractivity contribution >= 4 is 22.7 Å². The van der Waals surface area contributed by atoms with Crippen molar-refractivity contribution in [3.63, 3.8) is 0 Å². The summed E-state index contributed by atoms with van der Waals surface area (Å²) in [5, 5.41) is 1.05. The van der Waals surface area contributed by atoms with E-state index in [0.29, 0.717) is 6.54 Å². The fraction of sp³-hybridized carbons (Fsp3) is 0.458. The van der Waals surface area contributed by atoms with Crippen LogP contribution >= 0.6 is 0 Å². The summed E-state index contributed by atoms with van der Waals surface area (Å²) in [6.07, 6.45) is 5.61. The number of rotatable bonds is 4. The highest BCUT2D eigenvalue weighted by Gasteiger charge is 2.34. The molecule has 0 amide bonds. The molecule has 0 aliphatic heterocycles. The number of ketones is 1. The number of esters is 1. The van der Waals surface area contributed by atoms with Crippen LogP contribution in [0.4, 0.5) is 0 Å². The number of aryl methyl sites for hydroxylation is 1. The molecule has 0 saturated heterocycles. The molecule has 6 heteroatoms. The topological polar surface area (TPSA) is 57.1 Å². The molecule has 4 rings (SSSR count). The van der Waals surface area contributed by atoms with Crippen molar-refractivity contribution in [2.45, 2.75) is 53.8 Å². The smallest absolute Gasteiger partial charge is 0.314 e. The van der Waals surface area contributed by atoms with Gasteiger partial charge in [0.25, 0.3) is 5.82 Å². The second-order valence-corrected chi connectivity index (χ2v) is 9.28. The van der Waals surface area contributed by atoms with E-state index in [2.05, 4.69) is 15.2 Å². The summed E-state index contributed by atoms with van der Waals surface area (Å²) in [5.41, 5.74) is 2.63. The minimum atomic E-state index is -0.526. The van der Waals surface area contributed by atoms with Gasteiger partial charge in [0.05, 0.1) is 11.3 Å². The Kier molecular flexibility index (Phi) is 5.04. The zero-order valence-electron chi connectivity index (χ0n) is 18.4. The molecule has 1 aliphatic carbocycles. The zero-order chi connectivity index (χ0) is 21.6. The average Bonchev–Trinajstić information content (AvgIpc) is 3.20. The highest BCUT2D eigenvalue weighted by molar-refractivity contribution is 6.11. The van der Waals surface area contributed by atoms with Gasteiger partial charge in [-0.1, -0.05) is 18.2 Å². The van der Waals surface area contributed by atoms with Crippen molar-refractivity contribution in [3.05, 3.63) is 53.7 Å². The first-order valence-electron chi connectivity index (χ1n) is 10.5. The molecule has 158 valence electrons. The van der Waals surface area contributed by atoms with E-state index in [1.54, 1.807) is 0 Å². The number of Topliss-reactive ketones (excluding diaryl/α,β-unsaturated/α-hetero) is 1. The molecule has 1 unspecified atom stereocenters. The van der Waals surface area contributed by atoms with Crippen LogP contribution in [0.3, 0.4) is 0 Å². The molecule has 1 aromatic carbocycles. The summed E-state index contributed by atoms with van der Waals surface area (Å²) < 4.78 is 11.6. The molecular weight excluding hydrogens is 378 g/mol. The van der Waals surface area contributed by atoms with Gasteiger partial charge in [0.1, 0.15) is 18.9 Å². The first-order valence-corrected chi connectivity index (χ1v) is 10.5. The molecule has 0 fully saturated rings. The molecule has 0 saturated carbocycles. The molecule has 0 radical (unpaired) electrons. The number of aromatic nitrogens is 3. The first kappa shape index (κ1) is 20.4. The normalized spacial score (nSPS) is 16.7. The monoisotopic (exact) mass is 408 g/mol. The van der Waals surface area contributed by atoms with Crippen LogP contribution in [0.1, 0.15) is 49.1 Å². The predicted octanol–water partition coefficient (Wildman–Crippen LogP) is 3.57. The van der Waals surface area contributed by atoms with Crippen molar-refractivity contribution in [1.29, 1.82) is 0 Å². The molecule has 2 aromatic heterocycles. The standard InChI is InChI=1S/C24H30N3O3/c1-16-26(12-13-27(16)15-30-23(29)24(2,3)4)14-17-10-11-20-21(22(17)28)18-8-6-7-9-19(18)25(20)5/h6-9,12-13,17H,10-11,14-15H2,1-5H3/q+1. The fourth-order valence-corrected chi connectivity index (χ4v) is 4.29. The quantitative estimate of drug-likeness (QED) is 0.490. The number of nitrogens with zero attached hydrogens (tertiary/aromatic N) is 3. The van der Waals surface area contributed by atoms with Crippen LogP contribution in [-0.2, 0) is 36.3 Å². The number of imidazole rings is 1. The molecule has 30 heavy (non-hydrogen) atoms. The van der Waals surface area contributed by atoms with Crippen molar-refractivity contribution < 1.29 is 18.9 Å². The van der Waals surface area contributed by atoms with Gasteiger partial charge in [-0.05, 0) is 39.7 Å². The van der Waals surface area contributed by atoms with Crippen LogP contribution in [0.2, 0.25) is 0 Å². The van der Waals surface area contributed by atoms with Gasteiger partial charge in [-0.3, -0.25) is 9.59 Å². The maximum atomic E-state index is 13.4. The Morgan fingerprint density at radius 2 is 2.00 bits per heavy atom. The van der Waals surface area contributed by atoms with Crippen LogP contribution in [0.15, 0.2) is 36.7 Å². The second kappa shape index (κ2) is 7.42. The number of carbonyl (C=O) groups is 2. The Morgan fingerprint density at radius 1 is 1.27 bits per heavy atom. The van der Waals surface area contributed by atoms with E-state index >= 15 is 0 Å². The lowest BCUT2D eigenvalue weighted by molar-refractivity contribution is -0.732. The molecule has 6 nitrogen and oxygen atoms in total. The summed E-state index contributed by atoms with van der Waals surface area (Å²) in [5.74, 6) is 0.910. The largest absolute Gasteiger partial charge is 0.424 e. The Balaban J connectivity index is 1.53. The van der Waals surface area contributed by atoms with Gasteiger partial charge in [0.2, 0.25) is 6.73 Å². The van der Waals surface area contributed by atoms with E-state index < -0.39 is 5.41 Å². The van der Waals surface area contributed by atoms with Gasteiger partial charge in [-0.25, -0.2) is 4.57 Å². The number of benzene rings is 1. The van der Waals surface area contributed by atoms with E-state index in [-0.39, 0.29) is 24.4 Å². The third-order valence-corrected chi connectivity index (χ3v) is 6.20. The summed E-state index contributed by atoms with van der Waals surface area (Å²) in [6, 6.07) is 8.14. The van der Waals surface area contributed by atoms with Crippen LogP contribution in [0.25, 0.3) is 10.9 Å². The van der Waals surface area contributed by atoms with Crippen LogP contribution in [0, 0.1) is 18.3 Å². The maximum absolute atomic E-state index is 13.4. The van der Waals surface area contributed by atoms with Crippen molar-refractivity contribution in [2.24, 2.45) is 18.4 Å². The second-order valence-electron chi connectivity index (χ2n) is 9.28. The summed E-state index contributed by atoms with van der Waals surface area (Å²) in [6.45, 7) is 8.33.